The first kappa shape index (κ1) is 27.9. The third-order valence-electron chi connectivity index (χ3n) is 5.88. The maximum atomic E-state index is 13.5. The molecule has 1 atom stereocenters. The van der Waals surface area contributed by atoms with Crippen LogP contribution in [0.25, 0.3) is 10.8 Å². The van der Waals surface area contributed by atoms with Gasteiger partial charge in [0.05, 0.1) is 11.4 Å². The van der Waals surface area contributed by atoms with Gasteiger partial charge in [0.15, 0.2) is 0 Å². The average Bonchev–Trinajstić information content (AvgIpc) is 2.84. The highest BCUT2D eigenvalue weighted by Gasteiger charge is 2.32. The zero-order valence-electron chi connectivity index (χ0n) is 20.4. The highest BCUT2D eigenvalue weighted by atomic mass is 35.5. The molecule has 0 heterocycles. The number of likely N-dealkylation sites (N-methyl/N-ethyl adjacent to an activating group) is 2. The Morgan fingerprint density at radius 2 is 1.67 bits per heavy atom. The van der Waals surface area contributed by atoms with Crippen LogP contribution in [0.1, 0.15) is 25.8 Å². The first-order valence-corrected chi connectivity index (χ1v) is 13.7. The van der Waals surface area contributed by atoms with Gasteiger partial charge in [-0.05, 0) is 53.9 Å². The number of carbonyl (C=O) groups is 2. The number of nitrogens with one attached hydrogen (secondary N) is 1. The van der Waals surface area contributed by atoms with Crippen LogP contribution in [0.2, 0.25) is 10.0 Å². The molecule has 2 amide bonds. The van der Waals surface area contributed by atoms with Crippen LogP contribution in [0.3, 0.4) is 0 Å². The summed E-state index contributed by atoms with van der Waals surface area (Å²) in [5, 5.41) is 5.23. The third-order valence-corrected chi connectivity index (χ3v) is 8.27. The van der Waals surface area contributed by atoms with E-state index in [4.69, 9.17) is 23.2 Å². The smallest absolute Gasteiger partial charge is 0.243 e. The fourth-order valence-electron chi connectivity index (χ4n) is 3.92. The number of benzene rings is 3. The second-order valence-electron chi connectivity index (χ2n) is 8.35. The number of halogens is 2. The summed E-state index contributed by atoms with van der Waals surface area (Å²) in [4.78, 5) is 27.7. The van der Waals surface area contributed by atoms with E-state index in [0.717, 1.165) is 15.1 Å². The Labute approximate surface area is 222 Å². The van der Waals surface area contributed by atoms with Gasteiger partial charge in [-0.1, -0.05) is 66.5 Å². The molecule has 0 aliphatic heterocycles. The Kier molecular flexibility index (Phi) is 9.35. The molecule has 0 aliphatic carbocycles. The number of carbonyl (C=O) groups excluding carboxylic acids is 2. The Morgan fingerprint density at radius 1 is 0.972 bits per heavy atom. The summed E-state index contributed by atoms with van der Waals surface area (Å²) in [6.45, 7) is 3.55. The van der Waals surface area contributed by atoms with Gasteiger partial charge in [0.2, 0.25) is 21.8 Å². The summed E-state index contributed by atoms with van der Waals surface area (Å²) in [5.41, 5.74) is 0.595. The van der Waals surface area contributed by atoms with Crippen LogP contribution >= 0.6 is 23.2 Å². The molecule has 0 bridgehead atoms. The average molecular weight is 551 g/mol. The highest BCUT2D eigenvalue weighted by Crippen LogP contribution is 2.25. The molecule has 0 radical (unpaired) electrons. The lowest BCUT2D eigenvalue weighted by molar-refractivity contribution is -0.141. The van der Waals surface area contributed by atoms with Crippen molar-refractivity contribution in [2.75, 3.05) is 20.1 Å². The minimum absolute atomic E-state index is 0.0222. The van der Waals surface area contributed by atoms with E-state index in [1.54, 1.807) is 44.2 Å². The molecular weight excluding hydrogens is 521 g/mol. The molecule has 0 unspecified atom stereocenters. The van der Waals surface area contributed by atoms with Crippen molar-refractivity contribution in [3.63, 3.8) is 0 Å². The van der Waals surface area contributed by atoms with Crippen molar-refractivity contribution in [3.8, 4) is 0 Å². The second-order valence-corrected chi connectivity index (χ2v) is 11.2. The van der Waals surface area contributed by atoms with Crippen molar-refractivity contribution in [3.05, 3.63) is 76.3 Å². The van der Waals surface area contributed by atoms with Gasteiger partial charge in [-0.25, -0.2) is 8.42 Å². The summed E-state index contributed by atoms with van der Waals surface area (Å²) in [6.07, 6.45) is 0.337. The van der Waals surface area contributed by atoms with Gasteiger partial charge in [-0.3, -0.25) is 9.59 Å². The van der Waals surface area contributed by atoms with Gasteiger partial charge in [0, 0.05) is 30.2 Å². The van der Waals surface area contributed by atoms with Crippen LogP contribution in [0.4, 0.5) is 0 Å². The van der Waals surface area contributed by atoms with Gasteiger partial charge >= 0.3 is 0 Å². The molecule has 0 aromatic heterocycles. The maximum absolute atomic E-state index is 13.5. The molecule has 0 saturated carbocycles. The quantitative estimate of drug-likeness (QED) is 0.396. The van der Waals surface area contributed by atoms with Crippen LogP contribution in [0, 0.1) is 0 Å². The van der Waals surface area contributed by atoms with Crippen molar-refractivity contribution in [1.29, 1.82) is 0 Å². The molecule has 7 nitrogen and oxygen atoms in total. The Hall–Kier alpha value is -2.65. The first-order valence-electron chi connectivity index (χ1n) is 11.5. The molecular formula is C26H29Cl2N3O4S. The third kappa shape index (κ3) is 6.37. The van der Waals surface area contributed by atoms with E-state index in [1.165, 1.54) is 18.0 Å². The highest BCUT2D eigenvalue weighted by molar-refractivity contribution is 7.89. The van der Waals surface area contributed by atoms with Crippen molar-refractivity contribution in [1.82, 2.24) is 14.5 Å². The summed E-state index contributed by atoms with van der Waals surface area (Å²) < 4.78 is 27.6. The molecule has 192 valence electrons. The summed E-state index contributed by atoms with van der Waals surface area (Å²) >= 11 is 12.4. The molecule has 3 aromatic rings. The van der Waals surface area contributed by atoms with Gasteiger partial charge in [-0.2, -0.15) is 4.31 Å². The van der Waals surface area contributed by atoms with E-state index in [0.29, 0.717) is 28.6 Å². The predicted molar refractivity (Wildman–Crippen MR) is 144 cm³/mol. The summed E-state index contributed by atoms with van der Waals surface area (Å²) in [6, 6.07) is 16.4. The zero-order chi connectivity index (χ0) is 26.5. The standard InChI is InChI=1S/C26H29Cl2N3O4S/c1-4-24(26(33)29-5-2)31(16-20-10-12-21(27)15-23(20)28)25(32)17-30(3)36(34,35)22-13-11-18-8-6-7-9-19(18)14-22/h6-15,24H,4-5,16-17H2,1-3H3,(H,29,33)/t24-/m1/s1. The Morgan fingerprint density at radius 3 is 2.31 bits per heavy atom. The SMILES string of the molecule is CCNC(=O)[C@@H](CC)N(Cc1ccc(Cl)cc1Cl)C(=O)CN(C)S(=O)(=O)c1ccc2ccccc2c1. The lowest BCUT2D eigenvalue weighted by Crippen LogP contribution is -2.51. The topological polar surface area (TPSA) is 86.8 Å². The number of amides is 2. The zero-order valence-corrected chi connectivity index (χ0v) is 22.7. The number of fused-ring (bicyclic) bond motifs is 1. The van der Waals surface area contributed by atoms with Crippen molar-refractivity contribution >= 4 is 55.8 Å². The fraction of sp³-hybridized carbons (Fsp3) is 0.308. The summed E-state index contributed by atoms with van der Waals surface area (Å²) in [7, 11) is -2.62. The number of nitrogens with zero attached hydrogens (tertiary/aromatic N) is 2. The number of rotatable bonds is 10. The molecule has 36 heavy (non-hydrogen) atoms. The minimum atomic E-state index is -3.97. The van der Waals surface area contributed by atoms with E-state index in [-0.39, 0.29) is 17.3 Å². The second kappa shape index (κ2) is 12.1. The number of sulfonamides is 1. The van der Waals surface area contributed by atoms with Crippen molar-refractivity contribution < 1.29 is 18.0 Å². The molecule has 10 heteroatoms. The van der Waals surface area contributed by atoms with Crippen molar-refractivity contribution in [2.45, 2.75) is 37.8 Å². The maximum Gasteiger partial charge on any atom is 0.243 e. The number of hydrogen-bond acceptors (Lipinski definition) is 4. The van der Waals surface area contributed by atoms with Gasteiger partial charge < -0.3 is 10.2 Å². The fourth-order valence-corrected chi connectivity index (χ4v) is 5.54. The van der Waals surface area contributed by atoms with Crippen LogP contribution in [-0.4, -0.2) is 55.6 Å². The van der Waals surface area contributed by atoms with E-state index >= 15 is 0 Å². The molecule has 3 aromatic carbocycles. The van der Waals surface area contributed by atoms with E-state index < -0.39 is 28.5 Å². The first-order chi connectivity index (χ1) is 17.1. The monoisotopic (exact) mass is 549 g/mol. The van der Waals surface area contributed by atoms with Crippen LogP contribution in [0.15, 0.2) is 65.6 Å². The Balaban J connectivity index is 1.90. The molecule has 0 aliphatic rings. The lowest BCUT2D eigenvalue weighted by atomic mass is 10.1. The minimum Gasteiger partial charge on any atom is -0.355 e. The van der Waals surface area contributed by atoms with E-state index in [1.807, 2.05) is 24.3 Å². The summed E-state index contributed by atoms with van der Waals surface area (Å²) in [5.74, 6) is -0.843. The van der Waals surface area contributed by atoms with Crippen molar-refractivity contribution in [2.24, 2.45) is 0 Å². The normalized spacial score (nSPS) is 12.5. The molecule has 0 saturated heterocycles. The number of hydrogen-bond donors (Lipinski definition) is 1. The predicted octanol–water partition coefficient (Wildman–Crippen LogP) is 4.71. The van der Waals surface area contributed by atoms with Gasteiger partial charge in [0.25, 0.3) is 0 Å². The molecule has 3 rings (SSSR count). The molecule has 1 N–H and O–H groups in total. The molecule has 0 spiro atoms. The molecule has 0 fully saturated rings. The van der Waals surface area contributed by atoms with Crippen LogP contribution in [0.5, 0.6) is 0 Å². The largest absolute Gasteiger partial charge is 0.355 e. The lowest BCUT2D eigenvalue weighted by Gasteiger charge is -2.32. The van der Waals surface area contributed by atoms with Crippen LogP contribution in [-0.2, 0) is 26.2 Å². The van der Waals surface area contributed by atoms with E-state index in [2.05, 4.69) is 5.32 Å². The van der Waals surface area contributed by atoms with E-state index in [9.17, 15) is 18.0 Å². The van der Waals surface area contributed by atoms with Crippen LogP contribution < -0.4 is 5.32 Å². The van der Waals surface area contributed by atoms with Gasteiger partial charge in [0.1, 0.15) is 6.04 Å². The van der Waals surface area contributed by atoms with Gasteiger partial charge in [-0.15, -0.1) is 0 Å². The Bertz CT molecular complexity index is 1360.